The fourth-order valence-electron chi connectivity index (χ4n) is 3.45. The highest BCUT2D eigenvalue weighted by atomic mass is 16.1. The molecule has 4 rings (SSSR count). The molecule has 0 atom stereocenters. The summed E-state index contributed by atoms with van der Waals surface area (Å²) in [6.45, 7) is 4.17. The SMILES string of the molecule is CC(C)=C1CC=Cc2cc3c(cc21)C(=O)c1ccccc1C3=O. The summed E-state index contributed by atoms with van der Waals surface area (Å²) in [4.78, 5) is 25.6. The van der Waals surface area contributed by atoms with Crippen molar-refractivity contribution in [3.8, 4) is 0 Å². The van der Waals surface area contributed by atoms with E-state index in [1.54, 1.807) is 24.3 Å². The molecule has 0 saturated carbocycles. The van der Waals surface area contributed by atoms with Gasteiger partial charge in [-0.2, -0.15) is 0 Å². The summed E-state index contributed by atoms with van der Waals surface area (Å²) in [6.07, 6.45) is 5.02. The molecule has 2 aliphatic carbocycles. The smallest absolute Gasteiger partial charge is 0.194 e. The van der Waals surface area contributed by atoms with Crippen molar-refractivity contribution in [3.05, 3.63) is 81.4 Å². The minimum absolute atomic E-state index is 0.0549. The molecule has 2 aromatic carbocycles. The van der Waals surface area contributed by atoms with Crippen molar-refractivity contribution in [1.29, 1.82) is 0 Å². The second-order valence-electron chi connectivity index (χ2n) is 6.27. The van der Waals surface area contributed by atoms with Gasteiger partial charge >= 0.3 is 0 Å². The average Bonchev–Trinajstić information content (AvgIpc) is 2.57. The van der Waals surface area contributed by atoms with Crippen molar-refractivity contribution in [1.82, 2.24) is 0 Å². The molecule has 0 radical (unpaired) electrons. The van der Waals surface area contributed by atoms with Gasteiger partial charge in [-0.25, -0.2) is 0 Å². The third-order valence-corrected chi connectivity index (χ3v) is 4.64. The van der Waals surface area contributed by atoms with Gasteiger partial charge in [-0.1, -0.05) is 42.0 Å². The van der Waals surface area contributed by atoms with E-state index < -0.39 is 0 Å². The van der Waals surface area contributed by atoms with Gasteiger partial charge in [0.2, 0.25) is 0 Å². The second-order valence-corrected chi connectivity index (χ2v) is 6.27. The Balaban J connectivity index is 2.01. The maximum atomic E-state index is 12.8. The lowest BCUT2D eigenvalue weighted by atomic mass is 9.79. The van der Waals surface area contributed by atoms with Gasteiger partial charge in [-0.05, 0) is 49.1 Å². The van der Waals surface area contributed by atoms with Crippen LogP contribution in [-0.4, -0.2) is 11.6 Å². The van der Waals surface area contributed by atoms with Crippen LogP contribution < -0.4 is 0 Å². The van der Waals surface area contributed by atoms with E-state index in [1.165, 1.54) is 11.1 Å². The first-order chi connectivity index (χ1) is 11.1. The lowest BCUT2D eigenvalue weighted by Crippen LogP contribution is -2.21. The number of benzene rings is 2. The molecule has 0 aromatic heterocycles. The summed E-state index contributed by atoms with van der Waals surface area (Å²) in [5.74, 6) is -0.114. The van der Waals surface area contributed by atoms with Crippen LogP contribution in [0, 0.1) is 0 Å². The van der Waals surface area contributed by atoms with Crippen LogP contribution in [-0.2, 0) is 0 Å². The van der Waals surface area contributed by atoms with E-state index in [0.29, 0.717) is 22.3 Å². The Morgan fingerprint density at radius 2 is 1.43 bits per heavy atom. The zero-order valence-electron chi connectivity index (χ0n) is 13.1. The van der Waals surface area contributed by atoms with Crippen molar-refractivity contribution >= 4 is 23.2 Å². The van der Waals surface area contributed by atoms with Gasteiger partial charge in [0.1, 0.15) is 0 Å². The topological polar surface area (TPSA) is 34.1 Å². The van der Waals surface area contributed by atoms with Gasteiger partial charge in [-0.3, -0.25) is 9.59 Å². The van der Waals surface area contributed by atoms with Gasteiger partial charge in [0.05, 0.1) is 0 Å². The van der Waals surface area contributed by atoms with Gasteiger partial charge in [0.25, 0.3) is 0 Å². The number of carbonyl (C=O) groups is 2. The summed E-state index contributed by atoms with van der Waals surface area (Å²) in [5.41, 5.74) is 6.64. The Morgan fingerprint density at radius 3 is 2.04 bits per heavy atom. The molecule has 0 N–H and O–H groups in total. The summed E-state index contributed by atoms with van der Waals surface area (Å²) in [7, 11) is 0. The Bertz CT molecular complexity index is 938. The molecule has 0 spiro atoms. The van der Waals surface area contributed by atoms with Crippen molar-refractivity contribution in [2.24, 2.45) is 0 Å². The number of allylic oxidation sites excluding steroid dienone is 3. The quantitative estimate of drug-likeness (QED) is 0.604. The standard InChI is InChI=1S/C21H16O2/c1-12(2)14-9-5-6-13-10-18-19(11-17(13)14)21(23)16-8-4-3-7-15(16)20(18)22/h3-8,10-11H,9H2,1-2H3. The molecule has 2 aliphatic rings. The summed E-state index contributed by atoms with van der Waals surface area (Å²) in [5, 5.41) is 0. The highest BCUT2D eigenvalue weighted by Crippen LogP contribution is 2.36. The first kappa shape index (κ1) is 13.9. The van der Waals surface area contributed by atoms with Crippen LogP contribution in [0.25, 0.3) is 11.6 Å². The van der Waals surface area contributed by atoms with E-state index in [2.05, 4.69) is 19.9 Å². The van der Waals surface area contributed by atoms with Crippen LogP contribution in [0.2, 0.25) is 0 Å². The maximum absolute atomic E-state index is 12.8. The molecular formula is C21H16O2. The fourth-order valence-corrected chi connectivity index (χ4v) is 3.45. The average molecular weight is 300 g/mol. The molecular weight excluding hydrogens is 284 g/mol. The molecule has 23 heavy (non-hydrogen) atoms. The van der Waals surface area contributed by atoms with E-state index >= 15 is 0 Å². The van der Waals surface area contributed by atoms with E-state index in [0.717, 1.165) is 17.5 Å². The van der Waals surface area contributed by atoms with Crippen molar-refractivity contribution in [2.45, 2.75) is 20.3 Å². The molecule has 0 fully saturated rings. The molecule has 2 aromatic rings. The number of hydrogen-bond acceptors (Lipinski definition) is 2. The molecule has 0 aliphatic heterocycles. The van der Waals surface area contributed by atoms with Gasteiger partial charge < -0.3 is 0 Å². The molecule has 0 heterocycles. The largest absolute Gasteiger partial charge is 0.289 e. The van der Waals surface area contributed by atoms with Crippen LogP contribution in [0.15, 0.2) is 48.0 Å². The maximum Gasteiger partial charge on any atom is 0.194 e. The monoisotopic (exact) mass is 300 g/mol. The second kappa shape index (κ2) is 4.88. The highest BCUT2D eigenvalue weighted by Gasteiger charge is 2.30. The predicted octanol–water partition coefficient (Wildman–Crippen LogP) is 4.67. The Kier molecular flexibility index (Phi) is 2.95. The number of hydrogen-bond donors (Lipinski definition) is 0. The lowest BCUT2D eigenvalue weighted by molar-refractivity contribution is 0.0979. The third-order valence-electron chi connectivity index (χ3n) is 4.64. The summed E-state index contributed by atoms with van der Waals surface area (Å²) in [6, 6.07) is 10.9. The molecule has 2 heteroatoms. The fraction of sp³-hybridized carbons (Fsp3) is 0.143. The van der Waals surface area contributed by atoms with E-state index in [9.17, 15) is 9.59 Å². The predicted molar refractivity (Wildman–Crippen MR) is 91.7 cm³/mol. The first-order valence-corrected chi connectivity index (χ1v) is 7.77. The van der Waals surface area contributed by atoms with E-state index in [1.807, 2.05) is 18.2 Å². The van der Waals surface area contributed by atoms with Gasteiger partial charge in [0.15, 0.2) is 11.6 Å². The Morgan fingerprint density at radius 1 is 0.826 bits per heavy atom. The molecule has 112 valence electrons. The normalized spacial score (nSPS) is 15.1. The Labute approximate surface area is 135 Å². The van der Waals surface area contributed by atoms with Crippen LogP contribution in [0.3, 0.4) is 0 Å². The minimum Gasteiger partial charge on any atom is -0.289 e. The van der Waals surface area contributed by atoms with Crippen LogP contribution in [0.1, 0.15) is 63.2 Å². The van der Waals surface area contributed by atoms with Crippen LogP contribution in [0.5, 0.6) is 0 Å². The summed E-state index contributed by atoms with van der Waals surface area (Å²) < 4.78 is 0. The lowest BCUT2D eigenvalue weighted by Gasteiger charge is -2.22. The molecule has 2 nitrogen and oxygen atoms in total. The van der Waals surface area contributed by atoms with Crippen molar-refractivity contribution in [2.75, 3.05) is 0 Å². The number of fused-ring (bicyclic) bond motifs is 3. The van der Waals surface area contributed by atoms with Crippen LogP contribution in [0.4, 0.5) is 0 Å². The van der Waals surface area contributed by atoms with Crippen molar-refractivity contribution in [3.63, 3.8) is 0 Å². The zero-order chi connectivity index (χ0) is 16.1. The van der Waals surface area contributed by atoms with Crippen LogP contribution >= 0.6 is 0 Å². The first-order valence-electron chi connectivity index (χ1n) is 7.77. The number of carbonyl (C=O) groups excluding carboxylic acids is 2. The van der Waals surface area contributed by atoms with Gasteiger partial charge in [0, 0.05) is 22.3 Å². The zero-order valence-corrected chi connectivity index (χ0v) is 13.1. The number of rotatable bonds is 0. The van der Waals surface area contributed by atoms with Crippen molar-refractivity contribution < 1.29 is 9.59 Å². The molecule has 0 bridgehead atoms. The minimum atomic E-state index is -0.0595. The van der Waals surface area contributed by atoms with E-state index in [-0.39, 0.29) is 11.6 Å². The highest BCUT2D eigenvalue weighted by molar-refractivity contribution is 6.28. The molecule has 0 amide bonds. The summed E-state index contributed by atoms with van der Waals surface area (Å²) >= 11 is 0. The third kappa shape index (κ3) is 1.95. The number of ketones is 2. The Hall–Kier alpha value is -2.74. The molecule has 0 saturated heterocycles. The van der Waals surface area contributed by atoms with E-state index in [4.69, 9.17) is 0 Å². The molecule has 0 unspecified atom stereocenters. The van der Waals surface area contributed by atoms with Gasteiger partial charge in [-0.15, -0.1) is 0 Å².